The predicted octanol–water partition coefficient (Wildman–Crippen LogP) is 1.80. The molecular weight excluding hydrogens is 204 g/mol. The van der Waals surface area contributed by atoms with Crippen LogP contribution in [0.15, 0.2) is 12.1 Å². The summed E-state index contributed by atoms with van der Waals surface area (Å²) in [7, 11) is 4.95. The number of rotatable bonds is 4. The summed E-state index contributed by atoms with van der Waals surface area (Å²) in [6.07, 6.45) is 0. The van der Waals surface area contributed by atoms with Gasteiger partial charge in [-0.25, -0.2) is 0 Å². The number of hydrogen-bond acceptors (Lipinski definition) is 4. The highest BCUT2D eigenvalue weighted by Crippen LogP contribution is 2.34. The van der Waals surface area contributed by atoms with Gasteiger partial charge in [-0.15, -0.1) is 0 Å². The molecule has 0 aliphatic heterocycles. The van der Waals surface area contributed by atoms with Crippen molar-refractivity contribution in [2.45, 2.75) is 13.0 Å². The van der Waals surface area contributed by atoms with Crippen LogP contribution in [0.1, 0.15) is 17.2 Å². The Morgan fingerprint density at radius 3 is 2.44 bits per heavy atom. The lowest BCUT2D eigenvalue weighted by Gasteiger charge is -2.17. The zero-order valence-corrected chi connectivity index (χ0v) is 10.00. The van der Waals surface area contributed by atoms with Crippen molar-refractivity contribution in [1.29, 1.82) is 5.26 Å². The average molecular weight is 220 g/mol. The smallest absolute Gasteiger partial charge is 0.131 e. The molecule has 4 nitrogen and oxygen atoms in total. The highest BCUT2D eigenvalue weighted by Gasteiger charge is 2.17. The van der Waals surface area contributed by atoms with Crippen LogP contribution in [0.3, 0.4) is 0 Å². The van der Waals surface area contributed by atoms with Crippen molar-refractivity contribution in [3.63, 3.8) is 0 Å². The molecule has 1 unspecified atom stereocenters. The van der Waals surface area contributed by atoms with Gasteiger partial charge in [0.2, 0.25) is 0 Å². The van der Waals surface area contributed by atoms with E-state index in [4.69, 9.17) is 14.7 Å². The predicted molar refractivity (Wildman–Crippen MR) is 61.7 cm³/mol. The van der Waals surface area contributed by atoms with Crippen molar-refractivity contribution in [3.05, 3.63) is 23.3 Å². The molecule has 0 radical (unpaired) electrons. The highest BCUT2D eigenvalue weighted by molar-refractivity contribution is 5.51. The van der Waals surface area contributed by atoms with Crippen LogP contribution in [0.4, 0.5) is 0 Å². The molecule has 86 valence electrons. The second kappa shape index (κ2) is 5.38. The fraction of sp³-hybridized carbons (Fsp3) is 0.417. The van der Waals surface area contributed by atoms with E-state index in [2.05, 4.69) is 11.4 Å². The van der Waals surface area contributed by atoms with Crippen molar-refractivity contribution in [3.8, 4) is 17.6 Å². The minimum atomic E-state index is -0.375. The van der Waals surface area contributed by atoms with Gasteiger partial charge in [0.05, 0.1) is 20.3 Å². The van der Waals surface area contributed by atoms with Gasteiger partial charge in [0.25, 0.3) is 0 Å². The zero-order chi connectivity index (χ0) is 12.1. The van der Waals surface area contributed by atoms with E-state index in [9.17, 15) is 0 Å². The molecule has 0 bridgehead atoms. The Bertz CT molecular complexity index is 410. The zero-order valence-electron chi connectivity index (χ0n) is 10.00. The first kappa shape index (κ1) is 12.3. The summed E-state index contributed by atoms with van der Waals surface area (Å²) >= 11 is 0. The van der Waals surface area contributed by atoms with Gasteiger partial charge in [0.1, 0.15) is 17.5 Å². The normalized spacial score (nSPS) is 11.7. The molecule has 0 saturated carbocycles. The Labute approximate surface area is 95.8 Å². The SMILES string of the molecule is CNC(C#N)c1ccc(OC)c(C)c1OC. The molecule has 1 aromatic rings. The molecule has 1 aromatic carbocycles. The van der Waals surface area contributed by atoms with Crippen LogP contribution in [-0.2, 0) is 0 Å². The van der Waals surface area contributed by atoms with Crippen molar-refractivity contribution in [1.82, 2.24) is 5.32 Å². The lowest BCUT2D eigenvalue weighted by molar-refractivity contribution is 0.383. The Kier molecular flexibility index (Phi) is 4.15. The summed E-state index contributed by atoms with van der Waals surface area (Å²) < 4.78 is 10.5. The molecule has 1 atom stereocenters. The summed E-state index contributed by atoms with van der Waals surface area (Å²) in [5, 5.41) is 11.9. The van der Waals surface area contributed by atoms with Gasteiger partial charge < -0.3 is 14.8 Å². The lowest BCUT2D eigenvalue weighted by Crippen LogP contribution is -2.15. The van der Waals surface area contributed by atoms with Gasteiger partial charge in [-0.3, -0.25) is 0 Å². The van der Waals surface area contributed by atoms with Gasteiger partial charge in [-0.1, -0.05) is 0 Å². The molecule has 0 saturated heterocycles. The van der Waals surface area contributed by atoms with Crippen molar-refractivity contribution >= 4 is 0 Å². The van der Waals surface area contributed by atoms with Crippen LogP contribution in [0, 0.1) is 18.3 Å². The number of ether oxygens (including phenoxy) is 2. The van der Waals surface area contributed by atoms with E-state index < -0.39 is 0 Å². The molecule has 0 heterocycles. The van der Waals surface area contributed by atoms with Crippen LogP contribution >= 0.6 is 0 Å². The first-order valence-electron chi connectivity index (χ1n) is 4.98. The number of benzene rings is 1. The van der Waals surface area contributed by atoms with Crippen molar-refractivity contribution in [2.75, 3.05) is 21.3 Å². The number of nitrogens with one attached hydrogen (secondary N) is 1. The quantitative estimate of drug-likeness (QED) is 0.840. The Morgan fingerprint density at radius 1 is 1.31 bits per heavy atom. The minimum absolute atomic E-state index is 0.375. The standard InChI is InChI=1S/C12H16N2O2/c1-8-11(15-3)6-5-9(12(8)16-4)10(7-13)14-2/h5-6,10,14H,1-4H3. The second-order valence-corrected chi connectivity index (χ2v) is 3.37. The third kappa shape index (κ3) is 2.10. The van der Waals surface area contributed by atoms with E-state index in [1.807, 2.05) is 19.1 Å². The van der Waals surface area contributed by atoms with E-state index in [1.54, 1.807) is 21.3 Å². The van der Waals surface area contributed by atoms with E-state index >= 15 is 0 Å². The van der Waals surface area contributed by atoms with E-state index in [0.29, 0.717) is 5.75 Å². The first-order chi connectivity index (χ1) is 7.69. The number of methoxy groups -OCH3 is 2. The molecule has 0 spiro atoms. The molecule has 1 rings (SSSR count). The number of nitrogens with zero attached hydrogens (tertiary/aromatic N) is 1. The first-order valence-corrected chi connectivity index (χ1v) is 4.98. The van der Waals surface area contributed by atoms with Crippen molar-refractivity contribution < 1.29 is 9.47 Å². The molecule has 0 fully saturated rings. The maximum atomic E-state index is 9.02. The second-order valence-electron chi connectivity index (χ2n) is 3.37. The molecule has 0 aliphatic carbocycles. The van der Waals surface area contributed by atoms with Crippen molar-refractivity contribution in [2.24, 2.45) is 0 Å². The maximum Gasteiger partial charge on any atom is 0.131 e. The maximum absolute atomic E-state index is 9.02. The van der Waals surface area contributed by atoms with Gasteiger partial charge in [-0.05, 0) is 26.1 Å². The van der Waals surface area contributed by atoms with Gasteiger partial charge >= 0.3 is 0 Å². The summed E-state index contributed by atoms with van der Waals surface area (Å²) in [6.45, 7) is 1.91. The highest BCUT2D eigenvalue weighted by atomic mass is 16.5. The number of nitriles is 1. The summed E-state index contributed by atoms with van der Waals surface area (Å²) in [5.41, 5.74) is 1.73. The van der Waals surface area contributed by atoms with Crippen LogP contribution < -0.4 is 14.8 Å². The van der Waals surface area contributed by atoms with Crippen LogP contribution in [-0.4, -0.2) is 21.3 Å². The largest absolute Gasteiger partial charge is 0.496 e. The van der Waals surface area contributed by atoms with E-state index in [0.717, 1.165) is 16.9 Å². The molecular formula is C12H16N2O2. The van der Waals surface area contributed by atoms with E-state index in [1.165, 1.54) is 0 Å². The summed E-state index contributed by atoms with van der Waals surface area (Å²) in [4.78, 5) is 0. The van der Waals surface area contributed by atoms with Crippen LogP contribution in [0.5, 0.6) is 11.5 Å². The fourth-order valence-electron chi connectivity index (χ4n) is 1.70. The summed E-state index contributed by atoms with van der Waals surface area (Å²) in [6, 6.07) is 5.48. The summed E-state index contributed by atoms with van der Waals surface area (Å²) in [5.74, 6) is 1.45. The third-order valence-corrected chi connectivity index (χ3v) is 2.54. The van der Waals surface area contributed by atoms with Gasteiger partial charge in [-0.2, -0.15) is 5.26 Å². The lowest BCUT2D eigenvalue weighted by atomic mass is 10.0. The number of hydrogen-bond donors (Lipinski definition) is 1. The Morgan fingerprint density at radius 2 is 2.00 bits per heavy atom. The molecule has 0 amide bonds. The monoisotopic (exact) mass is 220 g/mol. The fourth-order valence-corrected chi connectivity index (χ4v) is 1.70. The Balaban J connectivity index is 3.31. The van der Waals surface area contributed by atoms with E-state index in [-0.39, 0.29) is 6.04 Å². The third-order valence-electron chi connectivity index (χ3n) is 2.54. The Hall–Kier alpha value is -1.73. The molecule has 1 N–H and O–H groups in total. The van der Waals surface area contributed by atoms with Gasteiger partial charge in [0, 0.05) is 11.1 Å². The molecule has 16 heavy (non-hydrogen) atoms. The minimum Gasteiger partial charge on any atom is -0.496 e. The topological polar surface area (TPSA) is 54.3 Å². The van der Waals surface area contributed by atoms with Gasteiger partial charge in [0.15, 0.2) is 0 Å². The average Bonchev–Trinajstić information content (AvgIpc) is 2.31. The van der Waals surface area contributed by atoms with Crippen LogP contribution in [0.25, 0.3) is 0 Å². The molecule has 4 heteroatoms. The van der Waals surface area contributed by atoms with Crippen LogP contribution in [0.2, 0.25) is 0 Å². The molecule has 0 aromatic heterocycles. The molecule has 0 aliphatic rings.